The van der Waals surface area contributed by atoms with Crippen LogP contribution in [0.25, 0.3) is 0 Å². The van der Waals surface area contributed by atoms with Gasteiger partial charge in [-0.25, -0.2) is 0 Å². The maximum absolute atomic E-state index is 5.23. The first-order chi connectivity index (χ1) is 6.24. The number of hydrogen-bond acceptors (Lipinski definition) is 1. The van der Waals surface area contributed by atoms with Crippen LogP contribution in [-0.4, -0.2) is 30.2 Å². The van der Waals surface area contributed by atoms with E-state index in [0.29, 0.717) is 0 Å². The molecule has 3 heteroatoms. The topological polar surface area (TPSA) is 9.23 Å². The number of allylic oxidation sites excluding steroid dienone is 1. The van der Waals surface area contributed by atoms with Crippen LogP contribution in [0.5, 0.6) is 5.75 Å². The quantitative estimate of drug-likeness (QED) is 0.415. The fraction of sp³-hybridized carbons (Fsp3) is 0.333. The predicted molar refractivity (Wildman–Crippen MR) is 60.7 cm³/mol. The Morgan fingerprint density at radius 2 is 2.20 bits per heavy atom. The van der Waals surface area contributed by atoms with Crippen molar-refractivity contribution in [2.24, 2.45) is 0 Å². The van der Waals surface area contributed by atoms with E-state index in [-0.39, 0.29) is 40.0 Å². The van der Waals surface area contributed by atoms with E-state index in [1.807, 2.05) is 25.1 Å². The Kier molecular flexibility index (Phi) is 10.7. The van der Waals surface area contributed by atoms with Gasteiger partial charge in [-0.3, -0.25) is 0 Å². The molecule has 0 amide bonds. The van der Waals surface area contributed by atoms with E-state index < -0.39 is 0 Å². The second-order valence-corrected chi connectivity index (χ2v) is 3.20. The maximum atomic E-state index is 5.23. The maximum Gasteiger partial charge on any atom is 2.00 e. The smallest absolute Gasteiger partial charge is 1.00 e. The van der Waals surface area contributed by atoms with Crippen LogP contribution in [0.3, 0.4) is 0 Å². The second kappa shape index (κ2) is 9.25. The summed E-state index contributed by atoms with van der Waals surface area (Å²) in [6.45, 7) is 5.92. The Bertz CT molecular complexity index is 299. The minimum Gasteiger partial charge on any atom is -1.00 e. The molecule has 0 heterocycles. The molecule has 1 nitrogen and oxygen atoms in total. The number of ether oxygens (including phenoxy) is 1. The predicted octanol–water partition coefficient (Wildman–Crippen LogP) is -0.373. The van der Waals surface area contributed by atoms with Crippen LogP contribution in [0.15, 0.2) is 30.4 Å². The van der Waals surface area contributed by atoms with E-state index >= 15 is 0 Å². The van der Waals surface area contributed by atoms with Crippen LogP contribution in [0.4, 0.5) is 0 Å². The van der Waals surface area contributed by atoms with E-state index in [2.05, 4.69) is 12.6 Å². The van der Waals surface area contributed by atoms with Crippen molar-refractivity contribution in [2.45, 2.75) is 19.8 Å². The van der Waals surface area contributed by atoms with Crippen LogP contribution in [0, 0.1) is 6.07 Å². The average Bonchev–Trinajstić information content (AvgIpc) is 2.15. The summed E-state index contributed by atoms with van der Waals surface area (Å²) in [7, 11) is 1.69. The first-order valence-corrected chi connectivity index (χ1v) is 4.41. The third kappa shape index (κ3) is 6.23. The fourth-order valence-electron chi connectivity index (χ4n) is 1.19. The Morgan fingerprint density at radius 1 is 1.53 bits per heavy atom. The van der Waals surface area contributed by atoms with E-state index in [9.17, 15) is 0 Å². The molecule has 0 aliphatic heterocycles. The molecule has 0 unspecified atom stereocenters. The largest absolute Gasteiger partial charge is 2.00 e. The molecule has 1 aromatic carbocycles. The molecule has 1 rings (SSSR count). The number of aryl methyl sites for hydroxylation is 1. The Balaban J connectivity index is 0. The molecule has 0 saturated heterocycles. The van der Waals surface area contributed by atoms with Crippen molar-refractivity contribution in [1.29, 1.82) is 0 Å². The van der Waals surface area contributed by atoms with Crippen LogP contribution < -0.4 is 21.7 Å². The third-order valence-electron chi connectivity index (χ3n) is 1.95. The van der Waals surface area contributed by atoms with E-state index in [1.165, 1.54) is 11.1 Å². The van der Waals surface area contributed by atoms with Gasteiger partial charge in [-0.05, 0) is 13.3 Å². The Labute approximate surface area is 119 Å². The monoisotopic (exact) mass is 278 g/mol. The number of methoxy groups -OCH3 is 1. The molecule has 15 heavy (non-hydrogen) atoms. The molecule has 0 aliphatic rings. The van der Waals surface area contributed by atoms with Crippen LogP contribution in [0.1, 0.15) is 18.9 Å². The van der Waals surface area contributed by atoms with Crippen molar-refractivity contribution < 1.29 is 21.7 Å². The van der Waals surface area contributed by atoms with Crippen molar-refractivity contribution >= 4 is 23.1 Å². The molecule has 0 saturated carbocycles. The Hall–Kier alpha value is 0.00623. The molecule has 0 radical (unpaired) electrons. The van der Waals surface area contributed by atoms with E-state index in [1.54, 1.807) is 7.11 Å². The number of hydrogen-bond donors (Lipinski definition) is 0. The molecule has 0 atom stereocenters. The minimum atomic E-state index is 0. The van der Waals surface area contributed by atoms with Crippen molar-refractivity contribution in [3.63, 3.8) is 0 Å². The summed E-state index contributed by atoms with van der Waals surface area (Å²) in [6, 6.07) is 8.83. The molecule has 0 spiro atoms. The van der Waals surface area contributed by atoms with Gasteiger partial charge in [0.15, 0.2) is 0 Å². The second-order valence-electron chi connectivity index (χ2n) is 3.20. The molecule has 0 bridgehead atoms. The molecule has 78 valence electrons. The normalized spacial score (nSPS) is 8.40. The van der Waals surface area contributed by atoms with Gasteiger partial charge in [-0.1, -0.05) is 12.0 Å². The molecule has 0 fully saturated rings. The first-order valence-electron chi connectivity index (χ1n) is 4.41. The van der Waals surface area contributed by atoms with Gasteiger partial charge in [0.2, 0.25) is 0 Å². The zero-order valence-corrected chi connectivity index (χ0v) is 12.3. The van der Waals surface area contributed by atoms with Crippen molar-refractivity contribution in [2.75, 3.05) is 7.11 Å². The van der Waals surface area contributed by atoms with Gasteiger partial charge in [0.1, 0.15) is 0 Å². The summed E-state index contributed by atoms with van der Waals surface area (Å²) < 4.78 is 5.23. The summed E-state index contributed by atoms with van der Waals surface area (Å²) in [6.07, 6.45) is 1.99. The van der Waals surface area contributed by atoms with Crippen molar-refractivity contribution in [1.82, 2.24) is 0 Å². The fourth-order valence-corrected chi connectivity index (χ4v) is 1.19. The van der Waals surface area contributed by atoms with Gasteiger partial charge in [0.05, 0.1) is 7.11 Å². The molecule has 1 aromatic rings. The average molecular weight is 279 g/mol. The van der Waals surface area contributed by atoms with Crippen LogP contribution >= 0.6 is 0 Å². The molecule has 0 aromatic heterocycles. The van der Waals surface area contributed by atoms with E-state index in [4.69, 9.17) is 4.74 Å². The summed E-state index contributed by atoms with van der Waals surface area (Å²) in [4.78, 5) is 0. The molecule has 0 aliphatic carbocycles. The van der Waals surface area contributed by atoms with Gasteiger partial charge in [0, 0.05) is 5.75 Å². The number of benzene rings is 1. The third-order valence-corrected chi connectivity index (χ3v) is 1.95. The van der Waals surface area contributed by atoms with Gasteiger partial charge in [-0.15, -0.1) is 18.2 Å². The summed E-state index contributed by atoms with van der Waals surface area (Å²) in [5.41, 5.74) is 2.40. The molecular weight excluding hydrogens is 264 g/mol. The SMILES string of the molecule is C=C(C)CCc1c[c-]ccc1OC.[Br-].[Mg+2]. The standard InChI is InChI=1S/C12H15O.BrH.Mg/c1-10(2)8-9-11-6-4-5-7-12(11)13-3;;/h5-7H,1,8-9H2,2-3H3;1H;/q-1;;+2/p-1. The number of halogens is 1. The molecular formula is C12H15BrMgO. The zero-order valence-electron chi connectivity index (χ0n) is 9.35. The summed E-state index contributed by atoms with van der Waals surface area (Å²) in [5, 5.41) is 0. The van der Waals surface area contributed by atoms with E-state index in [0.717, 1.165) is 18.6 Å². The van der Waals surface area contributed by atoms with Gasteiger partial charge in [0.25, 0.3) is 0 Å². The van der Waals surface area contributed by atoms with Crippen LogP contribution in [0.2, 0.25) is 0 Å². The van der Waals surface area contributed by atoms with Crippen LogP contribution in [-0.2, 0) is 6.42 Å². The van der Waals surface area contributed by atoms with Gasteiger partial charge in [-0.2, -0.15) is 18.2 Å². The van der Waals surface area contributed by atoms with Gasteiger partial charge >= 0.3 is 23.1 Å². The van der Waals surface area contributed by atoms with Crippen molar-refractivity contribution in [3.05, 3.63) is 42.0 Å². The Morgan fingerprint density at radius 3 is 2.73 bits per heavy atom. The summed E-state index contributed by atoms with van der Waals surface area (Å²) in [5.74, 6) is 0.944. The van der Waals surface area contributed by atoms with Gasteiger partial charge < -0.3 is 21.7 Å². The first kappa shape index (κ1) is 17.4. The number of rotatable bonds is 4. The van der Waals surface area contributed by atoms with Crippen molar-refractivity contribution in [3.8, 4) is 5.75 Å². The zero-order chi connectivity index (χ0) is 9.68. The molecule has 0 N–H and O–H groups in total. The minimum absolute atomic E-state index is 0. The summed E-state index contributed by atoms with van der Waals surface area (Å²) >= 11 is 0.